The highest BCUT2D eigenvalue weighted by Crippen LogP contribution is 2.36. The molecule has 0 radical (unpaired) electrons. The van der Waals surface area contributed by atoms with Gasteiger partial charge in [-0.25, -0.2) is 13.4 Å². The van der Waals surface area contributed by atoms with Gasteiger partial charge in [0, 0.05) is 29.4 Å². The number of rotatable bonds is 4. The zero-order chi connectivity index (χ0) is 20.0. The average Bonchev–Trinajstić information content (AvgIpc) is 3.32. The van der Waals surface area contributed by atoms with Crippen LogP contribution in [-0.2, 0) is 16.4 Å². The van der Waals surface area contributed by atoms with Crippen LogP contribution in [0.25, 0.3) is 26.9 Å². The van der Waals surface area contributed by atoms with Gasteiger partial charge < -0.3 is 0 Å². The van der Waals surface area contributed by atoms with E-state index in [1.807, 2.05) is 29.9 Å². The van der Waals surface area contributed by atoms with E-state index in [2.05, 4.69) is 45.0 Å². The molecule has 0 unspecified atom stereocenters. The zero-order valence-corrected chi connectivity index (χ0v) is 17.2. The van der Waals surface area contributed by atoms with Crippen LogP contribution in [0.2, 0.25) is 0 Å². The lowest BCUT2D eigenvalue weighted by atomic mass is 9.98. The van der Waals surface area contributed by atoms with Crippen LogP contribution in [0.1, 0.15) is 16.8 Å². The van der Waals surface area contributed by atoms with E-state index >= 15 is 0 Å². The first-order chi connectivity index (χ1) is 14.0. The maximum absolute atomic E-state index is 11.5. The lowest BCUT2D eigenvalue weighted by Crippen LogP contribution is -2.09. The molecule has 144 valence electrons. The van der Waals surface area contributed by atoms with E-state index in [1.165, 1.54) is 10.3 Å². The number of hydrogen-bond acceptors (Lipinski definition) is 5. The van der Waals surface area contributed by atoms with Crippen LogP contribution in [-0.4, -0.2) is 24.6 Å². The molecular formula is C22H17N3O2S2. The third kappa shape index (κ3) is 3.54. The fourth-order valence-corrected chi connectivity index (χ4v) is 4.90. The van der Waals surface area contributed by atoms with E-state index < -0.39 is 10.0 Å². The number of anilines is 1. The fraction of sp³-hybridized carbons (Fsp3) is 0.0909. The van der Waals surface area contributed by atoms with Gasteiger partial charge in [-0.1, -0.05) is 24.3 Å². The Balaban J connectivity index is 1.54. The highest BCUT2D eigenvalue weighted by molar-refractivity contribution is 7.92. The molecule has 2 heterocycles. The smallest absolute Gasteiger partial charge is 0.229 e. The summed E-state index contributed by atoms with van der Waals surface area (Å²) in [4.78, 5) is 9.02. The largest absolute Gasteiger partial charge is 0.284 e. The average molecular weight is 420 g/mol. The minimum Gasteiger partial charge on any atom is -0.284 e. The van der Waals surface area contributed by atoms with E-state index in [-0.39, 0.29) is 0 Å². The van der Waals surface area contributed by atoms with Crippen molar-refractivity contribution in [3.63, 3.8) is 0 Å². The Kier molecular flexibility index (Phi) is 4.22. The molecule has 0 saturated heterocycles. The summed E-state index contributed by atoms with van der Waals surface area (Å²) in [5, 5.41) is 0. The van der Waals surface area contributed by atoms with Crippen molar-refractivity contribution in [1.29, 1.82) is 0 Å². The third-order valence-corrected chi connectivity index (χ3v) is 6.30. The quantitative estimate of drug-likeness (QED) is 0.520. The number of hydrogen-bond donors (Lipinski definition) is 1. The summed E-state index contributed by atoms with van der Waals surface area (Å²) < 4.78 is 26.8. The van der Waals surface area contributed by atoms with Crippen LogP contribution >= 0.6 is 11.3 Å². The minimum atomic E-state index is -3.32. The van der Waals surface area contributed by atoms with E-state index in [1.54, 1.807) is 17.4 Å². The Morgan fingerprint density at radius 3 is 2.76 bits per heavy atom. The van der Waals surface area contributed by atoms with Crippen LogP contribution in [0, 0.1) is 0 Å². The molecule has 4 aromatic rings. The molecule has 0 spiro atoms. The lowest BCUT2D eigenvalue weighted by molar-refractivity contribution is 0.607. The number of sulfonamides is 1. The topological polar surface area (TPSA) is 72.0 Å². The SMILES string of the molecule is CS(=O)(=O)Nc1cccc(-c2cnc3c(c2)C(c2ccc4ncsc4c2)=CC3)c1. The van der Waals surface area contributed by atoms with Crippen LogP contribution in [0.3, 0.4) is 0 Å². The standard InChI is InChI=1S/C22H17N3O2S2/c1-29(26,27)25-17-4-2-3-14(9-17)16-10-19-18(6-8-20(19)23-12-16)15-5-7-21-22(11-15)28-13-24-21/h2-7,9-13,25H,8H2,1H3. The third-order valence-electron chi connectivity index (χ3n) is 4.90. The Hall–Kier alpha value is -3.03. The molecule has 5 rings (SSSR count). The summed E-state index contributed by atoms with van der Waals surface area (Å²) >= 11 is 1.64. The summed E-state index contributed by atoms with van der Waals surface area (Å²) in [6, 6.07) is 15.8. The maximum atomic E-state index is 11.5. The summed E-state index contributed by atoms with van der Waals surface area (Å²) in [6.45, 7) is 0. The Bertz CT molecular complexity index is 1390. The van der Waals surface area contributed by atoms with Crippen molar-refractivity contribution >= 4 is 42.8 Å². The monoisotopic (exact) mass is 419 g/mol. The number of thiazole rings is 1. The maximum Gasteiger partial charge on any atom is 0.229 e. The molecule has 0 bridgehead atoms. The van der Waals surface area contributed by atoms with E-state index in [0.717, 1.165) is 46.1 Å². The van der Waals surface area contributed by atoms with Gasteiger partial charge in [0.2, 0.25) is 10.0 Å². The first kappa shape index (κ1) is 18.0. The van der Waals surface area contributed by atoms with E-state index in [0.29, 0.717) is 5.69 Å². The van der Waals surface area contributed by atoms with Crippen molar-refractivity contribution in [3.8, 4) is 11.1 Å². The van der Waals surface area contributed by atoms with Gasteiger partial charge in [-0.2, -0.15) is 0 Å². The van der Waals surface area contributed by atoms with Gasteiger partial charge in [-0.15, -0.1) is 11.3 Å². The number of pyridine rings is 1. The zero-order valence-electron chi connectivity index (χ0n) is 15.6. The van der Waals surface area contributed by atoms with Crippen molar-refractivity contribution in [1.82, 2.24) is 9.97 Å². The van der Waals surface area contributed by atoms with Gasteiger partial charge in [0.15, 0.2) is 0 Å². The number of aromatic nitrogens is 2. The molecule has 1 aliphatic rings. The van der Waals surface area contributed by atoms with E-state index in [9.17, 15) is 8.42 Å². The van der Waals surface area contributed by atoms with Crippen LogP contribution in [0.15, 0.2) is 66.3 Å². The number of nitrogens with one attached hydrogen (secondary N) is 1. The molecule has 0 aliphatic heterocycles. The molecule has 29 heavy (non-hydrogen) atoms. The summed E-state index contributed by atoms with van der Waals surface area (Å²) in [7, 11) is -3.32. The second-order valence-corrected chi connectivity index (χ2v) is 9.66. The summed E-state index contributed by atoms with van der Waals surface area (Å²) in [5.41, 5.74) is 9.79. The minimum absolute atomic E-state index is 0.539. The molecule has 1 aliphatic carbocycles. The molecule has 1 N–H and O–H groups in total. The number of benzene rings is 2. The lowest BCUT2D eigenvalue weighted by Gasteiger charge is -2.10. The summed E-state index contributed by atoms with van der Waals surface area (Å²) in [6.07, 6.45) is 6.02. The number of fused-ring (bicyclic) bond motifs is 2. The van der Waals surface area contributed by atoms with Gasteiger partial charge in [0.1, 0.15) is 0 Å². The summed E-state index contributed by atoms with van der Waals surface area (Å²) in [5.74, 6) is 0. The van der Waals surface area contributed by atoms with Crippen LogP contribution in [0.4, 0.5) is 5.69 Å². The first-order valence-corrected chi connectivity index (χ1v) is 11.8. The Morgan fingerprint density at radius 2 is 1.90 bits per heavy atom. The molecule has 0 fully saturated rings. The predicted octanol–water partition coefficient (Wildman–Crippen LogP) is 4.72. The Labute approximate surface area is 172 Å². The molecule has 7 heteroatoms. The molecule has 0 amide bonds. The van der Waals surface area contributed by atoms with Crippen molar-refractivity contribution in [2.24, 2.45) is 0 Å². The molecule has 2 aromatic heterocycles. The molecule has 0 atom stereocenters. The van der Waals surface area contributed by atoms with Gasteiger partial charge >= 0.3 is 0 Å². The van der Waals surface area contributed by atoms with Gasteiger partial charge in [-0.05, 0) is 47.0 Å². The Morgan fingerprint density at radius 1 is 1.00 bits per heavy atom. The fourth-order valence-electron chi connectivity index (χ4n) is 3.63. The normalized spacial score (nSPS) is 13.3. The molecule has 5 nitrogen and oxygen atoms in total. The van der Waals surface area contributed by atoms with Gasteiger partial charge in [-0.3, -0.25) is 9.71 Å². The predicted molar refractivity (Wildman–Crippen MR) is 119 cm³/mol. The number of allylic oxidation sites excluding steroid dienone is 1. The van der Waals surface area contributed by atoms with Crippen molar-refractivity contribution in [2.45, 2.75) is 6.42 Å². The highest BCUT2D eigenvalue weighted by atomic mass is 32.2. The van der Waals surface area contributed by atoms with Crippen molar-refractivity contribution in [3.05, 3.63) is 83.1 Å². The van der Waals surface area contributed by atoms with Crippen molar-refractivity contribution < 1.29 is 8.42 Å². The second-order valence-electron chi connectivity index (χ2n) is 7.03. The second kappa shape index (κ2) is 6.79. The van der Waals surface area contributed by atoms with E-state index in [4.69, 9.17) is 0 Å². The van der Waals surface area contributed by atoms with Gasteiger partial charge in [0.05, 0.1) is 27.7 Å². The van der Waals surface area contributed by atoms with Crippen LogP contribution < -0.4 is 4.72 Å². The molecule has 2 aromatic carbocycles. The highest BCUT2D eigenvalue weighted by Gasteiger charge is 2.18. The number of nitrogens with zero attached hydrogens (tertiary/aromatic N) is 2. The first-order valence-electron chi connectivity index (χ1n) is 9.08. The van der Waals surface area contributed by atoms with Crippen LogP contribution in [0.5, 0.6) is 0 Å². The van der Waals surface area contributed by atoms with Gasteiger partial charge in [0.25, 0.3) is 0 Å². The molecular weight excluding hydrogens is 402 g/mol. The molecule has 0 saturated carbocycles. The van der Waals surface area contributed by atoms with Crippen molar-refractivity contribution in [2.75, 3.05) is 11.0 Å².